The average Bonchev–Trinajstić information content (AvgIpc) is 3.32. The minimum absolute atomic E-state index is 0.137. The molecule has 1 saturated heterocycles. The number of hydrogen-bond donors (Lipinski definition) is 0. The highest BCUT2D eigenvalue weighted by Crippen LogP contribution is 2.24. The predicted octanol–water partition coefficient (Wildman–Crippen LogP) is 5.00. The molecule has 1 aliphatic heterocycles. The summed E-state index contributed by atoms with van der Waals surface area (Å²) in [7, 11) is 0. The maximum Gasteiger partial charge on any atom is 0.253 e. The molecule has 3 aromatic rings. The van der Waals surface area contributed by atoms with Crippen LogP contribution >= 0.6 is 11.3 Å². The molecule has 4 rings (SSSR count). The number of benzene rings is 2. The average molecular weight is 463 g/mol. The Balaban J connectivity index is 1.28. The standard InChI is InChI=1S/C27H34N4OS/c1-4-30(21(2)3)18-22-10-12-24(13-11-22)27(32)31-16-14-29(15-17-31)19-25-20-33-26(28-25)23-8-6-5-7-9-23/h5-13,20-21H,4,14-19H2,1-3H3. The van der Waals surface area contributed by atoms with E-state index in [1.54, 1.807) is 11.3 Å². The number of thiazole rings is 1. The van der Waals surface area contributed by atoms with Gasteiger partial charge >= 0.3 is 0 Å². The maximum absolute atomic E-state index is 13.0. The van der Waals surface area contributed by atoms with Crippen LogP contribution < -0.4 is 0 Å². The van der Waals surface area contributed by atoms with E-state index in [0.717, 1.165) is 62.1 Å². The highest BCUT2D eigenvalue weighted by Gasteiger charge is 2.23. The van der Waals surface area contributed by atoms with E-state index in [1.165, 1.54) is 11.1 Å². The minimum Gasteiger partial charge on any atom is -0.336 e. The molecule has 33 heavy (non-hydrogen) atoms. The van der Waals surface area contributed by atoms with Crippen molar-refractivity contribution in [1.82, 2.24) is 19.7 Å². The van der Waals surface area contributed by atoms with E-state index in [2.05, 4.69) is 60.2 Å². The Morgan fingerprint density at radius 3 is 2.36 bits per heavy atom. The van der Waals surface area contributed by atoms with E-state index in [1.807, 2.05) is 35.2 Å². The highest BCUT2D eigenvalue weighted by molar-refractivity contribution is 7.13. The fourth-order valence-electron chi connectivity index (χ4n) is 4.26. The molecule has 0 saturated carbocycles. The van der Waals surface area contributed by atoms with Gasteiger partial charge in [-0.15, -0.1) is 11.3 Å². The monoisotopic (exact) mass is 462 g/mol. The van der Waals surface area contributed by atoms with Crippen LogP contribution in [0.25, 0.3) is 10.6 Å². The zero-order chi connectivity index (χ0) is 23.2. The summed E-state index contributed by atoms with van der Waals surface area (Å²) in [5, 5.41) is 3.22. The molecule has 1 aliphatic rings. The molecule has 1 amide bonds. The van der Waals surface area contributed by atoms with Crippen molar-refractivity contribution in [2.75, 3.05) is 32.7 Å². The number of piperazine rings is 1. The molecule has 0 atom stereocenters. The van der Waals surface area contributed by atoms with Gasteiger partial charge in [0.15, 0.2) is 0 Å². The van der Waals surface area contributed by atoms with Crippen LogP contribution in [-0.4, -0.2) is 64.4 Å². The first-order chi connectivity index (χ1) is 16.0. The van der Waals surface area contributed by atoms with E-state index in [4.69, 9.17) is 4.98 Å². The van der Waals surface area contributed by atoms with Crippen LogP contribution in [0.15, 0.2) is 60.0 Å². The van der Waals surface area contributed by atoms with Gasteiger partial charge < -0.3 is 4.90 Å². The fraction of sp³-hybridized carbons (Fsp3) is 0.407. The summed E-state index contributed by atoms with van der Waals surface area (Å²) in [5.74, 6) is 0.137. The molecular weight excluding hydrogens is 428 g/mol. The summed E-state index contributed by atoms with van der Waals surface area (Å²) in [5.41, 5.74) is 4.32. The van der Waals surface area contributed by atoms with Crippen LogP contribution in [0.4, 0.5) is 0 Å². The van der Waals surface area contributed by atoms with Crippen molar-refractivity contribution in [3.8, 4) is 10.6 Å². The summed E-state index contributed by atoms with van der Waals surface area (Å²) >= 11 is 1.70. The second kappa shape index (κ2) is 11.1. The van der Waals surface area contributed by atoms with Crippen LogP contribution in [0.2, 0.25) is 0 Å². The van der Waals surface area contributed by atoms with Crippen molar-refractivity contribution in [2.45, 2.75) is 39.9 Å². The predicted molar refractivity (Wildman–Crippen MR) is 136 cm³/mol. The summed E-state index contributed by atoms with van der Waals surface area (Å²) in [6.45, 7) is 12.7. The third-order valence-corrected chi connectivity index (χ3v) is 7.28. The molecule has 1 aromatic heterocycles. The molecule has 5 nitrogen and oxygen atoms in total. The van der Waals surface area contributed by atoms with Gasteiger partial charge in [0.25, 0.3) is 5.91 Å². The van der Waals surface area contributed by atoms with Crippen molar-refractivity contribution >= 4 is 17.2 Å². The largest absolute Gasteiger partial charge is 0.336 e. The van der Waals surface area contributed by atoms with Gasteiger partial charge in [-0.2, -0.15) is 0 Å². The first kappa shape index (κ1) is 23.6. The van der Waals surface area contributed by atoms with Crippen LogP contribution in [0.3, 0.4) is 0 Å². The van der Waals surface area contributed by atoms with E-state index < -0.39 is 0 Å². The lowest BCUT2D eigenvalue weighted by Gasteiger charge is -2.34. The van der Waals surface area contributed by atoms with E-state index in [-0.39, 0.29) is 5.91 Å². The van der Waals surface area contributed by atoms with Gasteiger partial charge in [0.2, 0.25) is 0 Å². The van der Waals surface area contributed by atoms with Crippen molar-refractivity contribution < 1.29 is 4.79 Å². The number of carbonyl (C=O) groups is 1. The van der Waals surface area contributed by atoms with Crippen LogP contribution in [-0.2, 0) is 13.1 Å². The third kappa shape index (κ3) is 6.08. The number of hydrogen-bond acceptors (Lipinski definition) is 5. The smallest absolute Gasteiger partial charge is 0.253 e. The van der Waals surface area contributed by atoms with Crippen molar-refractivity contribution in [2.24, 2.45) is 0 Å². The summed E-state index contributed by atoms with van der Waals surface area (Å²) in [6, 6.07) is 19.0. The zero-order valence-corrected chi connectivity index (χ0v) is 20.7. The molecule has 2 heterocycles. The molecule has 1 fully saturated rings. The lowest BCUT2D eigenvalue weighted by molar-refractivity contribution is 0.0627. The third-order valence-electron chi connectivity index (χ3n) is 6.34. The summed E-state index contributed by atoms with van der Waals surface area (Å²) in [6.07, 6.45) is 0. The second-order valence-corrected chi connectivity index (χ2v) is 9.79. The van der Waals surface area contributed by atoms with E-state index >= 15 is 0 Å². The zero-order valence-electron chi connectivity index (χ0n) is 19.9. The number of aromatic nitrogens is 1. The Labute approximate surface area is 201 Å². The Hall–Kier alpha value is -2.54. The molecule has 0 aliphatic carbocycles. The maximum atomic E-state index is 13.0. The molecular formula is C27H34N4OS. The summed E-state index contributed by atoms with van der Waals surface area (Å²) in [4.78, 5) is 24.6. The normalized spacial score (nSPS) is 14.9. The van der Waals surface area contributed by atoms with Crippen LogP contribution in [0.1, 0.15) is 42.4 Å². The Kier molecular flexibility index (Phi) is 7.91. The van der Waals surface area contributed by atoms with Gasteiger partial charge in [-0.3, -0.25) is 14.6 Å². The number of rotatable bonds is 8. The molecule has 0 spiro atoms. The topological polar surface area (TPSA) is 39.7 Å². The van der Waals surface area contributed by atoms with Crippen molar-refractivity contribution in [3.05, 3.63) is 76.8 Å². The van der Waals surface area contributed by atoms with Gasteiger partial charge in [-0.05, 0) is 38.1 Å². The molecule has 0 N–H and O–H groups in total. The number of amides is 1. The number of carbonyl (C=O) groups excluding carboxylic acids is 1. The minimum atomic E-state index is 0.137. The lowest BCUT2D eigenvalue weighted by Crippen LogP contribution is -2.48. The molecule has 0 radical (unpaired) electrons. The molecule has 0 bridgehead atoms. The molecule has 174 valence electrons. The SMILES string of the molecule is CCN(Cc1ccc(C(=O)N2CCN(Cc3csc(-c4ccccc4)n3)CC2)cc1)C(C)C. The lowest BCUT2D eigenvalue weighted by atomic mass is 10.1. The van der Waals surface area contributed by atoms with Gasteiger partial charge in [0.05, 0.1) is 5.69 Å². The second-order valence-electron chi connectivity index (χ2n) is 8.93. The Morgan fingerprint density at radius 2 is 1.73 bits per heavy atom. The Bertz CT molecular complexity index is 1020. The molecule has 6 heteroatoms. The first-order valence-electron chi connectivity index (χ1n) is 11.9. The van der Waals surface area contributed by atoms with Gasteiger partial charge in [0, 0.05) is 61.8 Å². The fourth-order valence-corrected chi connectivity index (χ4v) is 5.08. The summed E-state index contributed by atoms with van der Waals surface area (Å²) < 4.78 is 0. The van der Waals surface area contributed by atoms with Crippen molar-refractivity contribution in [1.29, 1.82) is 0 Å². The highest BCUT2D eigenvalue weighted by atomic mass is 32.1. The van der Waals surface area contributed by atoms with Crippen LogP contribution in [0, 0.1) is 0 Å². The van der Waals surface area contributed by atoms with Crippen LogP contribution in [0.5, 0.6) is 0 Å². The van der Waals surface area contributed by atoms with Gasteiger partial charge in [-0.1, -0.05) is 49.4 Å². The first-order valence-corrected chi connectivity index (χ1v) is 12.8. The Morgan fingerprint density at radius 1 is 1.03 bits per heavy atom. The van der Waals surface area contributed by atoms with E-state index in [0.29, 0.717) is 6.04 Å². The van der Waals surface area contributed by atoms with E-state index in [9.17, 15) is 4.79 Å². The van der Waals surface area contributed by atoms with Crippen molar-refractivity contribution in [3.63, 3.8) is 0 Å². The number of nitrogens with zero attached hydrogens (tertiary/aromatic N) is 4. The van der Waals surface area contributed by atoms with Gasteiger partial charge in [-0.25, -0.2) is 4.98 Å². The molecule has 0 unspecified atom stereocenters. The molecule has 2 aromatic carbocycles. The quantitative estimate of drug-likeness (QED) is 0.472. The van der Waals surface area contributed by atoms with Gasteiger partial charge in [0.1, 0.15) is 5.01 Å².